The van der Waals surface area contributed by atoms with Crippen molar-refractivity contribution in [3.63, 3.8) is 0 Å². The second kappa shape index (κ2) is 5.10. The fraction of sp³-hybridized carbons (Fsp3) is 0.333. The molecule has 4 heteroatoms. The highest BCUT2D eigenvalue weighted by molar-refractivity contribution is 8.26. The van der Waals surface area contributed by atoms with Gasteiger partial charge in [-0.25, -0.2) is 0 Å². The number of rotatable bonds is 1. The van der Waals surface area contributed by atoms with Crippen LogP contribution in [0.15, 0.2) is 29.2 Å². The van der Waals surface area contributed by atoms with E-state index in [0.29, 0.717) is 9.23 Å². The second-order valence-electron chi connectivity index (χ2n) is 5.60. The molecule has 0 N–H and O–H groups in total. The van der Waals surface area contributed by atoms with Gasteiger partial charge in [-0.2, -0.15) is 0 Å². The van der Waals surface area contributed by atoms with Gasteiger partial charge in [0.1, 0.15) is 4.32 Å². The Labute approximate surface area is 123 Å². The molecule has 0 radical (unpaired) electrons. The summed E-state index contributed by atoms with van der Waals surface area (Å²) in [6.45, 7) is 8.02. The maximum absolute atomic E-state index is 12.4. The Morgan fingerprint density at radius 2 is 1.79 bits per heavy atom. The van der Waals surface area contributed by atoms with Crippen molar-refractivity contribution in [3.8, 4) is 0 Å². The number of amides is 1. The number of hydrogen-bond acceptors (Lipinski definition) is 3. The van der Waals surface area contributed by atoms with Crippen LogP contribution >= 0.6 is 24.0 Å². The minimum absolute atomic E-state index is 0.00285. The number of benzene rings is 1. The minimum Gasteiger partial charge on any atom is -0.288 e. The summed E-state index contributed by atoms with van der Waals surface area (Å²) >= 11 is 6.68. The summed E-state index contributed by atoms with van der Waals surface area (Å²) in [5.41, 5.74) is 1.96. The summed E-state index contributed by atoms with van der Waals surface area (Å²) < 4.78 is 0.635. The lowest BCUT2D eigenvalue weighted by atomic mass is 10.1. The molecular formula is C15H17NOS2. The molecule has 1 fully saturated rings. The second-order valence-corrected chi connectivity index (χ2v) is 7.27. The number of thioether (sulfide) groups is 1. The third kappa shape index (κ3) is 3.07. The van der Waals surface area contributed by atoms with Crippen LogP contribution in [-0.4, -0.2) is 20.7 Å². The molecule has 0 saturated carbocycles. The third-order valence-corrected chi connectivity index (χ3v) is 4.14. The van der Waals surface area contributed by atoms with Crippen LogP contribution in [-0.2, 0) is 4.79 Å². The Hall–Kier alpha value is -1.13. The zero-order valence-electron chi connectivity index (χ0n) is 11.6. The van der Waals surface area contributed by atoms with E-state index in [2.05, 4.69) is 0 Å². The molecule has 1 saturated heterocycles. The average Bonchev–Trinajstić information content (AvgIpc) is 2.56. The fourth-order valence-corrected chi connectivity index (χ4v) is 3.50. The lowest BCUT2D eigenvalue weighted by Crippen LogP contribution is -2.44. The van der Waals surface area contributed by atoms with Crippen LogP contribution in [0.4, 0.5) is 0 Å². The Kier molecular flexibility index (Phi) is 3.83. The van der Waals surface area contributed by atoms with Crippen molar-refractivity contribution in [2.75, 3.05) is 0 Å². The van der Waals surface area contributed by atoms with Gasteiger partial charge in [0, 0.05) is 5.54 Å². The molecule has 2 nitrogen and oxygen atoms in total. The molecule has 1 aliphatic rings. The van der Waals surface area contributed by atoms with Crippen LogP contribution in [0.25, 0.3) is 6.08 Å². The molecule has 0 aliphatic carbocycles. The number of carbonyl (C=O) groups is 1. The van der Waals surface area contributed by atoms with Crippen molar-refractivity contribution < 1.29 is 4.79 Å². The molecule has 19 heavy (non-hydrogen) atoms. The molecule has 1 aromatic carbocycles. The molecule has 2 rings (SSSR count). The van der Waals surface area contributed by atoms with Crippen molar-refractivity contribution in [3.05, 3.63) is 40.3 Å². The monoisotopic (exact) mass is 291 g/mol. The van der Waals surface area contributed by atoms with Crippen LogP contribution < -0.4 is 0 Å². The molecule has 1 aliphatic heterocycles. The molecule has 0 aromatic heterocycles. The van der Waals surface area contributed by atoms with Gasteiger partial charge in [-0.3, -0.25) is 9.69 Å². The van der Waals surface area contributed by atoms with E-state index < -0.39 is 0 Å². The van der Waals surface area contributed by atoms with Gasteiger partial charge in [-0.1, -0.05) is 53.8 Å². The standard InChI is InChI=1S/C15H17NOS2/c1-10-5-7-11(8-6-10)9-12-13(17)16(14(18)19-12)15(2,3)4/h5-9H,1-4H3/b12-9+. The van der Waals surface area contributed by atoms with Gasteiger partial charge in [-0.05, 0) is 39.3 Å². The quantitative estimate of drug-likeness (QED) is 0.576. The Balaban J connectivity index is 2.31. The average molecular weight is 291 g/mol. The summed E-state index contributed by atoms with van der Waals surface area (Å²) in [6, 6.07) is 8.10. The van der Waals surface area contributed by atoms with Gasteiger partial charge >= 0.3 is 0 Å². The first kappa shape index (κ1) is 14.3. The summed E-state index contributed by atoms with van der Waals surface area (Å²) in [4.78, 5) is 14.8. The molecule has 1 heterocycles. The number of aryl methyl sites for hydroxylation is 1. The van der Waals surface area contributed by atoms with Gasteiger partial charge in [0.2, 0.25) is 0 Å². The maximum Gasteiger partial charge on any atom is 0.266 e. The van der Waals surface area contributed by atoms with E-state index in [0.717, 1.165) is 5.56 Å². The number of hydrogen-bond donors (Lipinski definition) is 0. The predicted octanol–water partition coefficient (Wildman–Crippen LogP) is 3.99. The molecular weight excluding hydrogens is 274 g/mol. The summed E-state index contributed by atoms with van der Waals surface area (Å²) in [5, 5.41) is 0. The molecule has 0 bridgehead atoms. The normalized spacial score (nSPS) is 18.5. The van der Waals surface area contributed by atoms with Crippen LogP contribution in [0.3, 0.4) is 0 Å². The van der Waals surface area contributed by atoms with Gasteiger partial charge in [0.05, 0.1) is 4.91 Å². The highest BCUT2D eigenvalue weighted by Crippen LogP contribution is 2.36. The number of thiocarbonyl (C=S) groups is 1. The lowest BCUT2D eigenvalue weighted by molar-refractivity contribution is -0.125. The van der Waals surface area contributed by atoms with Gasteiger partial charge in [0.25, 0.3) is 5.91 Å². The predicted molar refractivity (Wildman–Crippen MR) is 85.9 cm³/mol. The maximum atomic E-state index is 12.4. The van der Waals surface area contributed by atoms with E-state index >= 15 is 0 Å². The smallest absolute Gasteiger partial charge is 0.266 e. The summed E-state index contributed by atoms with van der Waals surface area (Å²) in [7, 11) is 0. The number of nitrogens with zero attached hydrogens (tertiary/aromatic N) is 1. The zero-order chi connectivity index (χ0) is 14.2. The zero-order valence-corrected chi connectivity index (χ0v) is 13.2. The minimum atomic E-state index is -0.274. The van der Waals surface area contributed by atoms with E-state index in [-0.39, 0.29) is 11.4 Å². The summed E-state index contributed by atoms with van der Waals surface area (Å²) in [6.07, 6.45) is 1.91. The first-order valence-corrected chi connectivity index (χ1v) is 7.36. The van der Waals surface area contributed by atoms with E-state index in [1.54, 1.807) is 4.90 Å². The number of carbonyl (C=O) groups excluding carboxylic acids is 1. The molecule has 0 unspecified atom stereocenters. The van der Waals surface area contributed by atoms with Crippen molar-refractivity contribution >= 4 is 40.3 Å². The third-order valence-electron chi connectivity index (χ3n) is 2.84. The highest BCUT2D eigenvalue weighted by Gasteiger charge is 2.38. The van der Waals surface area contributed by atoms with E-state index in [1.807, 2.05) is 58.0 Å². The first-order chi connectivity index (χ1) is 8.79. The lowest BCUT2D eigenvalue weighted by Gasteiger charge is -2.30. The molecule has 0 spiro atoms. The van der Waals surface area contributed by atoms with Gasteiger partial charge in [0.15, 0.2) is 0 Å². The van der Waals surface area contributed by atoms with Crippen LogP contribution in [0.1, 0.15) is 31.9 Å². The van der Waals surface area contributed by atoms with Gasteiger partial charge < -0.3 is 0 Å². The fourth-order valence-electron chi connectivity index (χ4n) is 1.86. The van der Waals surface area contributed by atoms with Crippen molar-refractivity contribution in [2.24, 2.45) is 0 Å². The molecule has 1 amide bonds. The Bertz CT molecular complexity index is 553. The van der Waals surface area contributed by atoms with Crippen LogP contribution in [0.5, 0.6) is 0 Å². The topological polar surface area (TPSA) is 20.3 Å². The van der Waals surface area contributed by atoms with E-state index in [1.165, 1.54) is 17.3 Å². The first-order valence-electron chi connectivity index (χ1n) is 6.14. The van der Waals surface area contributed by atoms with E-state index in [9.17, 15) is 4.79 Å². The van der Waals surface area contributed by atoms with E-state index in [4.69, 9.17) is 12.2 Å². The molecule has 1 aromatic rings. The van der Waals surface area contributed by atoms with Crippen molar-refractivity contribution in [1.29, 1.82) is 0 Å². The van der Waals surface area contributed by atoms with Crippen molar-refractivity contribution in [2.45, 2.75) is 33.2 Å². The van der Waals surface area contributed by atoms with Gasteiger partial charge in [-0.15, -0.1) is 0 Å². The Morgan fingerprint density at radius 3 is 2.26 bits per heavy atom. The highest BCUT2D eigenvalue weighted by atomic mass is 32.2. The largest absolute Gasteiger partial charge is 0.288 e. The Morgan fingerprint density at radius 1 is 1.21 bits per heavy atom. The molecule has 100 valence electrons. The molecule has 0 atom stereocenters. The summed E-state index contributed by atoms with van der Waals surface area (Å²) in [5.74, 6) is 0.00285. The van der Waals surface area contributed by atoms with Crippen molar-refractivity contribution in [1.82, 2.24) is 4.90 Å². The van der Waals surface area contributed by atoms with Crippen LogP contribution in [0, 0.1) is 6.92 Å². The van der Waals surface area contributed by atoms with Crippen LogP contribution in [0.2, 0.25) is 0 Å². The SMILES string of the molecule is Cc1ccc(/C=C2/SC(=S)N(C(C)(C)C)C2=O)cc1.